The summed E-state index contributed by atoms with van der Waals surface area (Å²) >= 11 is 0.996. The molecule has 6 nitrogen and oxygen atoms in total. The fraction of sp³-hybridized carbons (Fsp3) is 0.692. The minimum absolute atomic E-state index is 0.0810. The second kappa shape index (κ2) is 7.21. The van der Waals surface area contributed by atoms with Crippen molar-refractivity contribution in [1.82, 2.24) is 9.78 Å². The second-order valence-corrected chi connectivity index (χ2v) is 6.09. The summed E-state index contributed by atoms with van der Waals surface area (Å²) < 4.78 is 7.29. The predicted molar refractivity (Wildman–Crippen MR) is 75.2 cm³/mol. The van der Waals surface area contributed by atoms with Gasteiger partial charge < -0.3 is 14.9 Å². The van der Waals surface area contributed by atoms with E-state index >= 15 is 0 Å². The van der Waals surface area contributed by atoms with E-state index in [1.165, 1.54) is 13.1 Å². The minimum atomic E-state index is -1.04. The Morgan fingerprint density at radius 1 is 1.60 bits per heavy atom. The van der Waals surface area contributed by atoms with Crippen LogP contribution in [0.1, 0.15) is 44.1 Å². The van der Waals surface area contributed by atoms with Gasteiger partial charge in [0.1, 0.15) is 12.3 Å². The number of carbonyl (C=O) groups is 1. The molecule has 0 bridgehead atoms. The summed E-state index contributed by atoms with van der Waals surface area (Å²) in [5, 5.41) is 24.0. The average Bonchev–Trinajstić information content (AvgIpc) is 2.94. The van der Waals surface area contributed by atoms with Crippen molar-refractivity contribution >= 4 is 16.9 Å². The van der Waals surface area contributed by atoms with Crippen molar-refractivity contribution < 1.29 is 19.7 Å². The quantitative estimate of drug-likeness (QED) is 0.851. The predicted octanol–water partition coefficient (Wildman–Crippen LogP) is 1.26. The van der Waals surface area contributed by atoms with Crippen LogP contribution in [0.15, 0.2) is 12.4 Å². The molecule has 3 atom stereocenters. The normalized spacial score (nSPS) is 22.4. The molecule has 2 unspecified atom stereocenters. The van der Waals surface area contributed by atoms with E-state index in [1.54, 1.807) is 10.9 Å². The van der Waals surface area contributed by atoms with Crippen LogP contribution in [0, 0.1) is 0 Å². The van der Waals surface area contributed by atoms with Crippen LogP contribution in [-0.4, -0.2) is 43.6 Å². The molecule has 1 aromatic rings. The van der Waals surface area contributed by atoms with Crippen LogP contribution in [0.4, 0.5) is 0 Å². The Labute approximate surface area is 122 Å². The van der Waals surface area contributed by atoms with Gasteiger partial charge in [0.05, 0.1) is 12.3 Å². The molecule has 1 fully saturated rings. The number of carbonyl (C=O) groups excluding carboxylic acids is 1. The first-order valence-corrected chi connectivity index (χ1v) is 7.71. The molecule has 112 valence electrons. The number of aromatic nitrogens is 2. The van der Waals surface area contributed by atoms with E-state index in [1.807, 2.05) is 0 Å². The molecule has 2 N–H and O–H groups in total. The number of hydrogen-bond donors (Lipinski definition) is 2. The first-order valence-electron chi connectivity index (χ1n) is 6.73. The summed E-state index contributed by atoms with van der Waals surface area (Å²) in [6, 6.07) is 0. The minimum Gasteiger partial charge on any atom is -0.389 e. The maximum Gasteiger partial charge on any atom is 0.185 e. The molecule has 0 amide bonds. The van der Waals surface area contributed by atoms with Crippen LogP contribution in [0.2, 0.25) is 0 Å². The van der Waals surface area contributed by atoms with E-state index < -0.39 is 12.2 Å². The number of ether oxygens (including phenoxy) is 1. The Kier molecular flexibility index (Phi) is 5.59. The lowest BCUT2D eigenvalue weighted by atomic mass is 10.1. The van der Waals surface area contributed by atoms with Gasteiger partial charge in [0.25, 0.3) is 0 Å². The Bertz CT molecular complexity index is 445. The fourth-order valence-corrected chi connectivity index (χ4v) is 2.70. The maximum absolute atomic E-state index is 10.9. The summed E-state index contributed by atoms with van der Waals surface area (Å²) in [7, 11) is 0. The monoisotopic (exact) mass is 300 g/mol. The zero-order valence-corrected chi connectivity index (χ0v) is 12.3. The molecule has 1 saturated heterocycles. The van der Waals surface area contributed by atoms with E-state index in [2.05, 4.69) is 5.10 Å². The standard InChI is InChI=1S/C13H20N2O4S/c1-9(16)20-8-11(17)13(18)10-6-14-15(7-10)12-4-2-3-5-19-12/h6-7,11-13,17-18H,2-5,8H2,1H3/t11?,12-,13?/m0/s1. The summed E-state index contributed by atoms with van der Waals surface area (Å²) in [6.45, 7) is 2.16. The van der Waals surface area contributed by atoms with Gasteiger partial charge in [-0.05, 0) is 19.3 Å². The highest BCUT2D eigenvalue weighted by Gasteiger charge is 2.23. The van der Waals surface area contributed by atoms with Gasteiger partial charge in [0.15, 0.2) is 5.12 Å². The van der Waals surface area contributed by atoms with E-state index in [-0.39, 0.29) is 17.1 Å². The van der Waals surface area contributed by atoms with E-state index in [0.29, 0.717) is 5.56 Å². The lowest BCUT2D eigenvalue weighted by Gasteiger charge is -2.22. The molecule has 0 aliphatic carbocycles. The second-order valence-electron chi connectivity index (χ2n) is 4.89. The lowest BCUT2D eigenvalue weighted by molar-refractivity contribution is -0.109. The average molecular weight is 300 g/mol. The topological polar surface area (TPSA) is 84.6 Å². The Morgan fingerprint density at radius 2 is 2.40 bits per heavy atom. The fourth-order valence-electron chi connectivity index (χ4n) is 2.11. The number of aliphatic hydroxyl groups is 2. The lowest BCUT2D eigenvalue weighted by Crippen LogP contribution is -2.21. The highest BCUT2D eigenvalue weighted by molar-refractivity contribution is 8.13. The largest absolute Gasteiger partial charge is 0.389 e. The number of hydrogen-bond acceptors (Lipinski definition) is 6. The van der Waals surface area contributed by atoms with E-state index in [4.69, 9.17) is 4.74 Å². The van der Waals surface area contributed by atoms with Crippen LogP contribution >= 0.6 is 11.8 Å². The Morgan fingerprint density at radius 3 is 3.05 bits per heavy atom. The smallest absolute Gasteiger partial charge is 0.185 e. The van der Waals surface area contributed by atoms with Gasteiger partial charge >= 0.3 is 0 Å². The number of rotatable bonds is 5. The van der Waals surface area contributed by atoms with Gasteiger partial charge in [-0.2, -0.15) is 5.10 Å². The van der Waals surface area contributed by atoms with Crippen molar-refractivity contribution in [1.29, 1.82) is 0 Å². The maximum atomic E-state index is 10.9. The number of nitrogens with zero attached hydrogens (tertiary/aromatic N) is 2. The SMILES string of the molecule is CC(=O)SCC(O)C(O)c1cnn([C@@H]2CCCCO2)c1. The van der Waals surface area contributed by atoms with Crippen LogP contribution in [0.25, 0.3) is 0 Å². The molecule has 7 heteroatoms. The van der Waals surface area contributed by atoms with Gasteiger partial charge in [-0.25, -0.2) is 4.68 Å². The van der Waals surface area contributed by atoms with Crippen LogP contribution in [0.5, 0.6) is 0 Å². The molecule has 0 radical (unpaired) electrons. The molecular formula is C13H20N2O4S. The zero-order chi connectivity index (χ0) is 14.5. The van der Waals surface area contributed by atoms with Crippen molar-refractivity contribution in [3.05, 3.63) is 18.0 Å². The molecule has 0 spiro atoms. The molecule has 2 heterocycles. The van der Waals surface area contributed by atoms with Gasteiger partial charge in [-0.1, -0.05) is 11.8 Å². The first-order chi connectivity index (χ1) is 9.58. The summed E-state index contributed by atoms with van der Waals surface area (Å²) in [4.78, 5) is 10.9. The van der Waals surface area contributed by atoms with Crippen molar-refractivity contribution in [2.45, 2.75) is 44.6 Å². The molecule has 1 aromatic heterocycles. The van der Waals surface area contributed by atoms with Gasteiger partial charge in [0.2, 0.25) is 0 Å². The Hall–Kier alpha value is -0.890. The number of thioether (sulfide) groups is 1. The third kappa shape index (κ3) is 4.05. The first kappa shape index (κ1) is 15.5. The van der Waals surface area contributed by atoms with Gasteiger partial charge in [-0.15, -0.1) is 0 Å². The third-order valence-electron chi connectivity index (χ3n) is 3.24. The molecule has 20 heavy (non-hydrogen) atoms. The molecular weight excluding hydrogens is 280 g/mol. The van der Waals surface area contributed by atoms with Crippen molar-refractivity contribution in [2.24, 2.45) is 0 Å². The molecule has 0 aromatic carbocycles. The summed E-state index contributed by atoms with van der Waals surface area (Å²) in [5.74, 6) is 0.168. The van der Waals surface area contributed by atoms with Crippen LogP contribution < -0.4 is 0 Å². The Balaban J connectivity index is 1.94. The van der Waals surface area contributed by atoms with E-state index in [0.717, 1.165) is 37.6 Å². The molecule has 1 aliphatic heterocycles. The zero-order valence-electron chi connectivity index (χ0n) is 11.4. The summed E-state index contributed by atoms with van der Waals surface area (Å²) in [5.41, 5.74) is 0.538. The van der Waals surface area contributed by atoms with Crippen molar-refractivity contribution in [3.63, 3.8) is 0 Å². The van der Waals surface area contributed by atoms with E-state index in [9.17, 15) is 15.0 Å². The number of aliphatic hydroxyl groups excluding tert-OH is 2. The highest BCUT2D eigenvalue weighted by Crippen LogP contribution is 2.25. The highest BCUT2D eigenvalue weighted by atomic mass is 32.2. The molecule has 2 rings (SSSR count). The van der Waals surface area contributed by atoms with Crippen molar-refractivity contribution in [2.75, 3.05) is 12.4 Å². The summed E-state index contributed by atoms with van der Waals surface area (Å²) in [6.07, 6.45) is 4.17. The van der Waals surface area contributed by atoms with Gasteiger partial charge in [0, 0.05) is 31.0 Å². The van der Waals surface area contributed by atoms with Crippen molar-refractivity contribution in [3.8, 4) is 0 Å². The van der Waals surface area contributed by atoms with Crippen LogP contribution in [-0.2, 0) is 9.53 Å². The van der Waals surface area contributed by atoms with Gasteiger partial charge in [-0.3, -0.25) is 4.79 Å². The molecule has 0 saturated carbocycles. The third-order valence-corrected chi connectivity index (χ3v) is 4.15. The van der Waals surface area contributed by atoms with Crippen LogP contribution in [0.3, 0.4) is 0 Å². The molecule has 1 aliphatic rings.